The highest BCUT2D eigenvalue weighted by Crippen LogP contribution is 2.34. The molecule has 0 heterocycles. The van der Waals surface area contributed by atoms with Crippen LogP contribution in [0.15, 0.2) is 53.0 Å². The van der Waals surface area contributed by atoms with E-state index in [-0.39, 0.29) is 0 Å². The Bertz CT molecular complexity index is 538. The summed E-state index contributed by atoms with van der Waals surface area (Å²) >= 11 is 9.32. The van der Waals surface area contributed by atoms with Gasteiger partial charge in [0.2, 0.25) is 0 Å². The lowest BCUT2D eigenvalue weighted by Crippen LogP contribution is -2.26. The van der Waals surface area contributed by atoms with Gasteiger partial charge in [-0.15, -0.1) is 0 Å². The van der Waals surface area contributed by atoms with E-state index < -0.39 is 5.60 Å². The minimum absolute atomic E-state index is 0.602. The molecule has 94 valence electrons. The van der Waals surface area contributed by atoms with Gasteiger partial charge >= 0.3 is 0 Å². The van der Waals surface area contributed by atoms with E-state index in [1.165, 1.54) is 0 Å². The van der Waals surface area contributed by atoms with Crippen molar-refractivity contribution in [1.29, 1.82) is 0 Å². The van der Waals surface area contributed by atoms with E-state index in [1.807, 2.05) is 43.3 Å². The molecule has 2 aromatic rings. The first-order chi connectivity index (χ1) is 8.56. The topological polar surface area (TPSA) is 20.2 Å². The molecule has 3 heteroatoms. The van der Waals surface area contributed by atoms with Gasteiger partial charge in [0.1, 0.15) is 5.60 Å². The predicted molar refractivity (Wildman–Crippen MR) is 78.9 cm³/mol. The predicted octanol–water partition coefficient (Wildman–Crippen LogP) is 4.75. The summed E-state index contributed by atoms with van der Waals surface area (Å²) in [4.78, 5) is 0. The van der Waals surface area contributed by atoms with Crippen molar-refractivity contribution in [3.05, 3.63) is 69.2 Å². The third-order valence-electron chi connectivity index (χ3n) is 3.14. The van der Waals surface area contributed by atoms with Gasteiger partial charge in [-0.1, -0.05) is 58.7 Å². The van der Waals surface area contributed by atoms with Crippen LogP contribution in [0, 0.1) is 0 Å². The molecule has 0 amide bonds. The Labute approximate surface area is 121 Å². The van der Waals surface area contributed by atoms with Gasteiger partial charge in [-0.2, -0.15) is 0 Å². The molecule has 0 aliphatic rings. The highest BCUT2D eigenvalue weighted by Gasteiger charge is 2.29. The van der Waals surface area contributed by atoms with Gasteiger partial charge in [-0.25, -0.2) is 0 Å². The summed E-state index contributed by atoms with van der Waals surface area (Å²) in [6, 6.07) is 15.1. The third-order valence-corrected chi connectivity index (χ3v) is 3.88. The number of halogens is 2. The third kappa shape index (κ3) is 2.61. The van der Waals surface area contributed by atoms with E-state index in [1.54, 1.807) is 12.1 Å². The molecule has 0 fully saturated rings. The smallest absolute Gasteiger partial charge is 0.114 e. The number of benzene rings is 2. The van der Waals surface area contributed by atoms with Crippen LogP contribution in [-0.2, 0) is 5.60 Å². The average Bonchev–Trinajstić information content (AvgIpc) is 2.38. The summed E-state index contributed by atoms with van der Waals surface area (Å²) in [5, 5.41) is 11.6. The Kier molecular flexibility index (Phi) is 4.10. The molecule has 2 aromatic carbocycles. The van der Waals surface area contributed by atoms with Crippen LogP contribution < -0.4 is 0 Å². The lowest BCUT2D eigenvalue weighted by atomic mass is 9.84. The Morgan fingerprint density at radius 3 is 2.33 bits per heavy atom. The van der Waals surface area contributed by atoms with Gasteiger partial charge in [-0.3, -0.25) is 0 Å². The molecular weight excluding hydrogens is 312 g/mol. The zero-order valence-corrected chi connectivity index (χ0v) is 12.4. The van der Waals surface area contributed by atoms with Crippen LogP contribution in [0.1, 0.15) is 24.5 Å². The van der Waals surface area contributed by atoms with Crippen molar-refractivity contribution in [3.63, 3.8) is 0 Å². The van der Waals surface area contributed by atoms with E-state index in [2.05, 4.69) is 15.9 Å². The van der Waals surface area contributed by atoms with E-state index >= 15 is 0 Å². The summed E-state index contributed by atoms with van der Waals surface area (Å²) in [7, 11) is 0. The van der Waals surface area contributed by atoms with Crippen molar-refractivity contribution in [2.45, 2.75) is 18.9 Å². The van der Waals surface area contributed by atoms with Crippen LogP contribution in [0.4, 0.5) is 0 Å². The van der Waals surface area contributed by atoms with E-state index in [4.69, 9.17) is 11.6 Å². The summed E-state index contributed by atoms with van der Waals surface area (Å²) in [6.07, 6.45) is 0.602. The lowest BCUT2D eigenvalue weighted by molar-refractivity contribution is 0.0765. The van der Waals surface area contributed by atoms with Gasteiger partial charge < -0.3 is 5.11 Å². The van der Waals surface area contributed by atoms with Gasteiger partial charge in [0, 0.05) is 9.50 Å². The Morgan fingerprint density at radius 1 is 1.11 bits per heavy atom. The highest BCUT2D eigenvalue weighted by atomic mass is 79.9. The molecule has 2 rings (SSSR count). The van der Waals surface area contributed by atoms with Crippen LogP contribution in [0.2, 0.25) is 5.02 Å². The zero-order valence-electron chi connectivity index (χ0n) is 10.0. The van der Waals surface area contributed by atoms with Gasteiger partial charge in [0.25, 0.3) is 0 Å². The Morgan fingerprint density at radius 2 is 1.78 bits per heavy atom. The van der Waals surface area contributed by atoms with E-state index in [0.29, 0.717) is 11.4 Å². The van der Waals surface area contributed by atoms with Crippen molar-refractivity contribution >= 4 is 27.5 Å². The van der Waals surface area contributed by atoms with Crippen molar-refractivity contribution in [2.75, 3.05) is 0 Å². The zero-order chi connectivity index (χ0) is 13.2. The van der Waals surface area contributed by atoms with Gasteiger partial charge in [0.05, 0.1) is 0 Å². The minimum Gasteiger partial charge on any atom is -0.380 e. The van der Waals surface area contributed by atoms with Crippen LogP contribution in [0.3, 0.4) is 0 Å². The maximum absolute atomic E-state index is 10.9. The standard InChI is InChI=1S/C15H14BrClO/c1-2-15(18,11-6-8-14(17)9-7-11)12-4-3-5-13(16)10-12/h3-10,18H,2H2,1H3. The summed E-state index contributed by atoms with van der Waals surface area (Å²) < 4.78 is 0.959. The van der Waals surface area contributed by atoms with Crippen LogP contribution >= 0.6 is 27.5 Å². The quantitative estimate of drug-likeness (QED) is 0.863. The van der Waals surface area contributed by atoms with Gasteiger partial charge in [0.15, 0.2) is 0 Å². The van der Waals surface area contributed by atoms with Crippen molar-refractivity contribution < 1.29 is 5.11 Å². The summed E-state index contributed by atoms with van der Waals surface area (Å²) in [5.41, 5.74) is 0.753. The van der Waals surface area contributed by atoms with Crippen molar-refractivity contribution in [3.8, 4) is 0 Å². The highest BCUT2D eigenvalue weighted by molar-refractivity contribution is 9.10. The largest absolute Gasteiger partial charge is 0.380 e. The maximum Gasteiger partial charge on any atom is 0.114 e. The molecule has 0 aromatic heterocycles. The molecule has 18 heavy (non-hydrogen) atoms. The van der Waals surface area contributed by atoms with Crippen LogP contribution in [0.25, 0.3) is 0 Å². The van der Waals surface area contributed by atoms with Crippen molar-refractivity contribution in [2.24, 2.45) is 0 Å². The molecule has 1 nitrogen and oxygen atoms in total. The van der Waals surface area contributed by atoms with Gasteiger partial charge in [-0.05, 0) is 41.8 Å². The number of aliphatic hydroxyl groups is 1. The second kappa shape index (κ2) is 5.43. The minimum atomic E-state index is -0.978. The van der Waals surface area contributed by atoms with E-state index in [9.17, 15) is 5.11 Å². The second-order valence-electron chi connectivity index (χ2n) is 4.23. The maximum atomic E-state index is 10.9. The monoisotopic (exact) mass is 324 g/mol. The molecule has 0 spiro atoms. The average molecular weight is 326 g/mol. The van der Waals surface area contributed by atoms with Crippen LogP contribution in [0.5, 0.6) is 0 Å². The molecule has 0 radical (unpaired) electrons. The lowest BCUT2D eigenvalue weighted by Gasteiger charge is -2.28. The SMILES string of the molecule is CCC(O)(c1ccc(Cl)cc1)c1cccc(Br)c1. The molecule has 0 aliphatic carbocycles. The van der Waals surface area contributed by atoms with Crippen LogP contribution in [-0.4, -0.2) is 5.11 Å². The normalized spacial score (nSPS) is 14.2. The molecule has 0 saturated carbocycles. The first-order valence-electron chi connectivity index (χ1n) is 5.80. The molecule has 1 N–H and O–H groups in total. The fourth-order valence-corrected chi connectivity index (χ4v) is 2.57. The molecule has 0 saturated heterocycles. The molecule has 1 unspecified atom stereocenters. The fourth-order valence-electron chi connectivity index (χ4n) is 2.05. The molecule has 0 bridgehead atoms. The summed E-state index contributed by atoms with van der Waals surface area (Å²) in [6.45, 7) is 1.97. The second-order valence-corrected chi connectivity index (χ2v) is 5.58. The fraction of sp³-hybridized carbons (Fsp3) is 0.200. The first kappa shape index (κ1) is 13.6. The summed E-state index contributed by atoms with van der Waals surface area (Å²) in [5.74, 6) is 0. The Balaban J connectivity index is 2.51. The molecular formula is C15H14BrClO. The number of hydrogen-bond donors (Lipinski definition) is 1. The number of rotatable bonds is 3. The molecule has 0 aliphatic heterocycles. The van der Waals surface area contributed by atoms with Crippen molar-refractivity contribution in [1.82, 2.24) is 0 Å². The number of hydrogen-bond acceptors (Lipinski definition) is 1. The molecule has 1 atom stereocenters. The van der Waals surface area contributed by atoms with E-state index in [0.717, 1.165) is 15.6 Å². The Hall–Kier alpha value is -0.830. The first-order valence-corrected chi connectivity index (χ1v) is 6.98.